The molecule has 0 fully saturated rings. The molecule has 8 heteroatoms. The van der Waals surface area contributed by atoms with Gasteiger partial charge in [0, 0.05) is 6.42 Å². The maximum absolute atomic E-state index is 12.7. The number of ketones is 1. The Bertz CT molecular complexity index is 604. The van der Waals surface area contributed by atoms with Crippen LogP contribution in [0.4, 0.5) is 0 Å². The van der Waals surface area contributed by atoms with Crippen molar-refractivity contribution in [2.75, 3.05) is 0 Å². The highest BCUT2D eigenvalue weighted by Gasteiger charge is 2.42. The van der Waals surface area contributed by atoms with Gasteiger partial charge in [-0.15, -0.1) is 0 Å². The van der Waals surface area contributed by atoms with Crippen molar-refractivity contribution in [3.05, 3.63) is 0 Å². The number of hydrogen-bond acceptors (Lipinski definition) is 6. The zero-order valence-electron chi connectivity index (χ0n) is 21.2. The number of carbonyl (C=O) groups is 4. The van der Waals surface area contributed by atoms with Crippen molar-refractivity contribution in [3.8, 4) is 0 Å². The van der Waals surface area contributed by atoms with E-state index in [1.54, 1.807) is 0 Å². The van der Waals surface area contributed by atoms with Crippen LogP contribution in [0.1, 0.15) is 129 Å². The van der Waals surface area contributed by atoms with Crippen LogP contribution in [0.2, 0.25) is 0 Å². The lowest BCUT2D eigenvalue weighted by Crippen LogP contribution is -2.44. The van der Waals surface area contributed by atoms with Gasteiger partial charge in [0.2, 0.25) is 0 Å². The molecule has 0 spiro atoms. The van der Waals surface area contributed by atoms with E-state index in [1.807, 2.05) is 0 Å². The first kappa shape index (κ1) is 32.0. The van der Waals surface area contributed by atoms with Crippen LogP contribution in [0.15, 0.2) is 0 Å². The predicted molar refractivity (Wildman–Crippen MR) is 130 cm³/mol. The van der Waals surface area contributed by atoms with Crippen LogP contribution in [-0.4, -0.2) is 50.7 Å². The van der Waals surface area contributed by atoms with Crippen LogP contribution in [0.5, 0.6) is 0 Å². The fourth-order valence-electron chi connectivity index (χ4n) is 3.89. The molecule has 0 aromatic carbocycles. The number of Topliss-reactive ketones (excluding diaryl/α,β-unsaturated/α-hetero) is 1. The second kappa shape index (κ2) is 19.4. The highest BCUT2D eigenvalue weighted by molar-refractivity contribution is 5.90. The van der Waals surface area contributed by atoms with Gasteiger partial charge < -0.3 is 20.1 Å². The number of esters is 1. The summed E-state index contributed by atoms with van der Waals surface area (Å²) in [6.45, 7) is 4.29. The van der Waals surface area contributed by atoms with Gasteiger partial charge in [0.05, 0.1) is 12.8 Å². The number of carbonyl (C=O) groups excluding carboxylic acids is 2. The molecule has 0 amide bonds. The Labute approximate surface area is 204 Å². The molecule has 0 saturated carbocycles. The average Bonchev–Trinajstić information content (AvgIpc) is 2.76. The zero-order valence-corrected chi connectivity index (χ0v) is 21.2. The molecule has 8 nitrogen and oxygen atoms in total. The van der Waals surface area contributed by atoms with E-state index < -0.39 is 42.5 Å². The van der Waals surface area contributed by atoms with Crippen LogP contribution >= 0.6 is 0 Å². The summed E-state index contributed by atoms with van der Waals surface area (Å²) in [5.41, 5.74) is -2.77. The number of ether oxygens (including phenoxy) is 1. The zero-order chi connectivity index (χ0) is 25.8. The molecule has 0 aliphatic heterocycles. The van der Waals surface area contributed by atoms with Crippen molar-refractivity contribution in [3.63, 3.8) is 0 Å². The molecule has 0 aromatic rings. The molecular weight excluding hydrogens is 440 g/mol. The lowest BCUT2D eigenvalue weighted by atomic mass is 9.95. The van der Waals surface area contributed by atoms with Gasteiger partial charge in [0.15, 0.2) is 17.5 Å². The number of carboxylic acid groups (broad SMARTS) is 2. The molecule has 198 valence electrons. The quantitative estimate of drug-likeness (QED) is 0.128. The minimum Gasteiger partial charge on any atom is -0.481 e. The van der Waals surface area contributed by atoms with E-state index >= 15 is 0 Å². The van der Waals surface area contributed by atoms with Gasteiger partial charge in [-0.3, -0.25) is 14.4 Å². The minimum absolute atomic E-state index is 0.207. The number of aliphatic hydroxyl groups is 1. The lowest BCUT2D eigenvalue weighted by molar-refractivity contribution is -0.174. The first-order chi connectivity index (χ1) is 16.2. The van der Waals surface area contributed by atoms with Crippen LogP contribution in [0, 0.1) is 0 Å². The highest BCUT2D eigenvalue weighted by atomic mass is 16.5. The molecule has 0 aromatic heterocycles. The molecule has 0 bridgehead atoms. The van der Waals surface area contributed by atoms with Crippen molar-refractivity contribution >= 4 is 23.7 Å². The number of aliphatic carboxylic acids is 2. The Balaban J connectivity index is 4.76. The van der Waals surface area contributed by atoms with Gasteiger partial charge in [0.1, 0.15) is 0 Å². The fraction of sp³-hybridized carbons (Fsp3) is 0.846. The number of carboxylic acids is 2. The second-order valence-electron chi connectivity index (χ2n) is 9.31. The molecule has 0 heterocycles. The lowest BCUT2D eigenvalue weighted by Gasteiger charge is -2.22. The first-order valence-corrected chi connectivity index (χ1v) is 13.1. The number of rotatable bonds is 23. The summed E-state index contributed by atoms with van der Waals surface area (Å²) in [6, 6.07) is 0. The third kappa shape index (κ3) is 15.8. The van der Waals surface area contributed by atoms with Crippen LogP contribution in [-0.2, 0) is 23.9 Å². The van der Waals surface area contributed by atoms with Crippen molar-refractivity contribution in [2.45, 2.75) is 141 Å². The van der Waals surface area contributed by atoms with Gasteiger partial charge in [-0.1, -0.05) is 90.9 Å². The van der Waals surface area contributed by atoms with Gasteiger partial charge in [-0.05, 0) is 19.3 Å². The second-order valence-corrected chi connectivity index (χ2v) is 9.31. The van der Waals surface area contributed by atoms with Crippen molar-refractivity contribution < 1.29 is 39.2 Å². The molecule has 34 heavy (non-hydrogen) atoms. The fourth-order valence-corrected chi connectivity index (χ4v) is 3.89. The molecule has 3 N–H and O–H groups in total. The molecule has 0 aliphatic rings. The van der Waals surface area contributed by atoms with Gasteiger partial charge in [-0.2, -0.15) is 0 Å². The van der Waals surface area contributed by atoms with Crippen LogP contribution in [0.3, 0.4) is 0 Å². The van der Waals surface area contributed by atoms with Gasteiger partial charge in [-0.25, -0.2) is 4.79 Å². The Morgan fingerprint density at radius 1 is 0.706 bits per heavy atom. The normalized spacial score (nSPS) is 13.7. The van der Waals surface area contributed by atoms with E-state index in [0.29, 0.717) is 19.3 Å². The summed E-state index contributed by atoms with van der Waals surface area (Å²) in [7, 11) is 0. The van der Waals surface area contributed by atoms with E-state index in [9.17, 15) is 24.3 Å². The Hall–Kier alpha value is -1.96. The van der Waals surface area contributed by atoms with Crippen molar-refractivity contribution in [1.82, 2.24) is 0 Å². The maximum atomic E-state index is 12.7. The van der Waals surface area contributed by atoms with E-state index in [-0.39, 0.29) is 12.2 Å². The molecule has 0 aliphatic carbocycles. The monoisotopic (exact) mass is 486 g/mol. The Morgan fingerprint density at radius 3 is 1.65 bits per heavy atom. The summed E-state index contributed by atoms with van der Waals surface area (Å²) in [6.07, 6.45) is 12.2. The molecule has 0 saturated heterocycles. The smallest absolute Gasteiger partial charge is 0.336 e. The minimum atomic E-state index is -2.77. The SMILES string of the molecule is CCCCCCCCCCCC(OC(=O)CC(O)(CC(=O)O)C(=O)O)C(=O)CCCCCCC. The standard InChI is InChI=1S/C26H46O8/c1-3-5-7-9-10-11-12-14-16-18-22(21(27)17-15-13-8-6-4-2)34-24(30)20-26(33,25(31)32)19-23(28)29/h22,33H,3-20H2,1-2H3,(H,28,29)(H,31,32). The summed E-state index contributed by atoms with van der Waals surface area (Å²) < 4.78 is 5.29. The largest absolute Gasteiger partial charge is 0.481 e. The van der Waals surface area contributed by atoms with Gasteiger partial charge >= 0.3 is 17.9 Å². The van der Waals surface area contributed by atoms with E-state index in [1.165, 1.54) is 32.1 Å². The molecule has 0 rings (SSSR count). The highest BCUT2D eigenvalue weighted by Crippen LogP contribution is 2.20. The third-order valence-electron chi connectivity index (χ3n) is 6.01. The summed E-state index contributed by atoms with van der Waals surface area (Å²) in [5.74, 6) is -4.65. The van der Waals surface area contributed by atoms with Gasteiger partial charge in [0.25, 0.3) is 0 Å². The predicted octanol–water partition coefficient (Wildman–Crippen LogP) is 5.43. The van der Waals surface area contributed by atoms with Crippen LogP contribution in [0.25, 0.3) is 0 Å². The average molecular weight is 487 g/mol. The summed E-state index contributed by atoms with van der Waals surface area (Å²) in [4.78, 5) is 47.3. The Morgan fingerprint density at radius 2 is 1.18 bits per heavy atom. The first-order valence-electron chi connectivity index (χ1n) is 13.1. The van der Waals surface area contributed by atoms with E-state index in [4.69, 9.17) is 14.9 Å². The molecule has 0 radical (unpaired) electrons. The maximum Gasteiger partial charge on any atom is 0.336 e. The van der Waals surface area contributed by atoms with Crippen LogP contribution < -0.4 is 0 Å². The van der Waals surface area contributed by atoms with E-state index in [2.05, 4.69) is 13.8 Å². The molecular formula is C26H46O8. The molecule has 2 atom stereocenters. The molecule has 2 unspecified atom stereocenters. The topological polar surface area (TPSA) is 138 Å². The van der Waals surface area contributed by atoms with E-state index in [0.717, 1.165) is 44.9 Å². The summed E-state index contributed by atoms with van der Waals surface area (Å²) in [5, 5.41) is 28.1. The van der Waals surface area contributed by atoms with Crippen molar-refractivity contribution in [2.24, 2.45) is 0 Å². The van der Waals surface area contributed by atoms with Crippen molar-refractivity contribution in [1.29, 1.82) is 0 Å². The Kier molecular flexibility index (Phi) is 18.2. The number of hydrogen-bond donors (Lipinski definition) is 3. The third-order valence-corrected chi connectivity index (χ3v) is 6.01. The number of unbranched alkanes of at least 4 members (excludes halogenated alkanes) is 12. The summed E-state index contributed by atoms with van der Waals surface area (Å²) >= 11 is 0.